The highest BCUT2D eigenvalue weighted by atomic mass is 32.1. The summed E-state index contributed by atoms with van der Waals surface area (Å²) in [5, 5.41) is 7.84. The molecule has 0 spiro atoms. The number of amides is 2. The molecule has 0 aliphatic rings. The number of urea groups is 1. The van der Waals surface area contributed by atoms with Crippen molar-refractivity contribution in [3.05, 3.63) is 41.4 Å². The SMILES string of the molecule is Cc1csc(NC(=O)NCCOc2ccccc2)n1. The van der Waals surface area contributed by atoms with E-state index < -0.39 is 0 Å². The van der Waals surface area contributed by atoms with Crippen LogP contribution in [0.25, 0.3) is 0 Å². The number of nitrogens with one attached hydrogen (secondary N) is 2. The molecule has 0 radical (unpaired) electrons. The Morgan fingerprint density at radius 3 is 2.84 bits per heavy atom. The van der Waals surface area contributed by atoms with Crippen molar-refractivity contribution in [3.63, 3.8) is 0 Å². The molecule has 1 aromatic heterocycles. The molecular formula is C13H15N3O2S. The molecule has 6 heteroatoms. The summed E-state index contributed by atoms with van der Waals surface area (Å²) >= 11 is 1.40. The number of carbonyl (C=O) groups excluding carboxylic acids is 1. The van der Waals surface area contributed by atoms with E-state index in [-0.39, 0.29) is 6.03 Å². The Balaban J connectivity index is 1.64. The number of benzene rings is 1. The molecule has 2 N–H and O–H groups in total. The molecule has 5 nitrogen and oxygen atoms in total. The van der Waals surface area contributed by atoms with Gasteiger partial charge in [0.2, 0.25) is 0 Å². The maximum absolute atomic E-state index is 11.5. The normalized spacial score (nSPS) is 9.95. The van der Waals surface area contributed by atoms with Gasteiger partial charge in [-0.15, -0.1) is 11.3 Å². The lowest BCUT2D eigenvalue weighted by atomic mass is 10.3. The molecule has 0 saturated carbocycles. The summed E-state index contributed by atoms with van der Waals surface area (Å²) in [6.07, 6.45) is 0. The number of para-hydroxylation sites is 1. The number of ether oxygens (including phenoxy) is 1. The van der Waals surface area contributed by atoms with Crippen LogP contribution in [0.1, 0.15) is 5.69 Å². The van der Waals surface area contributed by atoms with E-state index in [1.807, 2.05) is 42.6 Å². The zero-order chi connectivity index (χ0) is 13.5. The smallest absolute Gasteiger partial charge is 0.321 e. The standard InChI is InChI=1S/C13H15N3O2S/c1-10-9-19-13(15-10)16-12(17)14-7-8-18-11-5-3-2-4-6-11/h2-6,9H,7-8H2,1H3,(H2,14,15,16,17). The van der Waals surface area contributed by atoms with Gasteiger partial charge in [-0.2, -0.15) is 0 Å². The van der Waals surface area contributed by atoms with Crippen molar-refractivity contribution in [2.75, 3.05) is 18.5 Å². The maximum Gasteiger partial charge on any atom is 0.321 e. The van der Waals surface area contributed by atoms with E-state index in [0.29, 0.717) is 18.3 Å². The zero-order valence-corrected chi connectivity index (χ0v) is 11.4. The van der Waals surface area contributed by atoms with Crippen molar-refractivity contribution in [1.29, 1.82) is 0 Å². The van der Waals surface area contributed by atoms with E-state index >= 15 is 0 Å². The van der Waals surface area contributed by atoms with Gasteiger partial charge in [0.1, 0.15) is 12.4 Å². The fourth-order valence-corrected chi connectivity index (χ4v) is 2.09. The van der Waals surface area contributed by atoms with Gasteiger partial charge in [0, 0.05) is 5.38 Å². The number of hydrogen-bond acceptors (Lipinski definition) is 4. The van der Waals surface area contributed by atoms with Gasteiger partial charge in [-0.1, -0.05) is 18.2 Å². The minimum absolute atomic E-state index is 0.272. The van der Waals surface area contributed by atoms with Gasteiger partial charge in [-0.3, -0.25) is 5.32 Å². The van der Waals surface area contributed by atoms with E-state index in [1.165, 1.54) is 11.3 Å². The van der Waals surface area contributed by atoms with Crippen molar-refractivity contribution in [3.8, 4) is 5.75 Å². The Hall–Kier alpha value is -2.08. The Labute approximate surface area is 115 Å². The molecule has 2 aromatic rings. The molecule has 100 valence electrons. The molecule has 0 aliphatic heterocycles. The largest absolute Gasteiger partial charge is 0.492 e. The third kappa shape index (κ3) is 4.59. The topological polar surface area (TPSA) is 63.2 Å². The average Bonchev–Trinajstić information content (AvgIpc) is 2.81. The number of anilines is 1. The second-order valence-electron chi connectivity index (χ2n) is 3.84. The number of rotatable bonds is 5. The Morgan fingerprint density at radius 2 is 2.16 bits per heavy atom. The molecule has 0 saturated heterocycles. The van der Waals surface area contributed by atoms with Crippen LogP contribution in [0.4, 0.5) is 9.93 Å². The molecule has 1 heterocycles. The van der Waals surface area contributed by atoms with Crippen LogP contribution >= 0.6 is 11.3 Å². The van der Waals surface area contributed by atoms with Crippen LogP contribution in [0, 0.1) is 6.92 Å². The fourth-order valence-electron chi connectivity index (χ4n) is 1.40. The first kappa shape index (κ1) is 13.4. The number of hydrogen-bond donors (Lipinski definition) is 2. The predicted octanol–water partition coefficient (Wildman–Crippen LogP) is 2.65. The van der Waals surface area contributed by atoms with E-state index in [0.717, 1.165) is 11.4 Å². The monoisotopic (exact) mass is 277 g/mol. The van der Waals surface area contributed by atoms with Crippen molar-refractivity contribution in [2.24, 2.45) is 0 Å². The lowest BCUT2D eigenvalue weighted by Gasteiger charge is -2.07. The molecule has 2 rings (SSSR count). The molecule has 19 heavy (non-hydrogen) atoms. The first-order chi connectivity index (χ1) is 9.24. The van der Waals surface area contributed by atoms with Gasteiger partial charge in [0.15, 0.2) is 5.13 Å². The van der Waals surface area contributed by atoms with Crippen LogP contribution in [0.2, 0.25) is 0 Å². The van der Waals surface area contributed by atoms with Gasteiger partial charge < -0.3 is 10.1 Å². The van der Waals surface area contributed by atoms with E-state index in [2.05, 4.69) is 15.6 Å². The second kappa shape index (κ2) is 6.75. The predicted molar refractivity (Wildman–Crippen MR) is 75.8 cm³/mol. The van der Waals surface area contributed by atoms with E-state index in [4.69, 9.17) is 4.74 Å². The van der Waals surface area contributed by atoms with Crippen molar-refractivity contribution in [1.82, 2.24) is 10.3 Å². The molecular weight excluding hydrogens is 262 g/mol. The van der Waals surface area contributed by atoms with E-state index in [1.54, 1.807) is 0 Å². The van der Waals surface area contributed by atoms with Crippen molar-refractivity contribution >= 4 is 22.5 Å². The Kier molecular flexibility index (Phi) is 4.74. The first-order valence-electron chi connectivity index (χ1n) is 5.89. The number of aromatic nitrogens is 1. The third-order valence-corrected chi connectivity index (χ3v) is 3.11. The number of carbonyl (C=O) groups is 1. The molecule has 0 aliphatic carbocycles. The van der Waals surface area contributed by atoms with Gasteiger partial charge in [0.05, 0.1) is 12.2 Å². The highest BCUT2D eigenvalue weighted by molar-refractivity contribution is 7.13. The van der Waals surface area contributed by atoms with Gasteiger partial charge >= 0.3 is 6.03 Å². The number of aryl methyl sites for hydroxylation is 1. The summed E-state index contributed by atoms with van der Waals surface area (Å²) in [6.45, 7) is 2.74. The van der Waals surface area contributed by atoms with Crippen LogP contribution in [0.5, 0.6) is 5.75 Å². The minimum Gasteiger partial charge on any atom is -0.492 e. The molecule has 0 bridgehead atoms. The summed E-state index contributed by atoms with van der Waals surface area (Å²) in [4.78, 5) is 15.7. The third-order valence-electron chi connectivity index (χ3n) is 2.24. The highest BCUT2D eigenvalue weighted by Crippen LogP contribution is 2.13. The van der Waals surface area contributed by atoms with Crippen molar-refractivity contribution in [2.45, 2.75) is 6.92 Å². The lowest BCUT2D eigenvalue weighted by molar-refractivity contribution is 0.247. The van der Waals surface area contributed by atoms with Gasteiger partial charge in [-0.25, -0.2) is 9.78 Å². The first-order valence-corrected chi connectivity index (χ1v) is 6.77. The lowest BCUT2D eigenvalue weighted by Crippen LogP contribution is -2.32. The van der Waals surface area contributed by atoms with Crippen LogP contribution in [-0.4, -0.2) is 24.2 Å². The maximum atomic E-state index is 11.5. The van der Waals surface area contributed by atoms with E-state index in [9.17, 15) is 4.79 Å². The average molecular weight is 277 g/mol. The minimum atomic E-state index is -0.272. The second-order valence-corrected chi connectivity index (χ2v) is 4.69. The van der Waals surface area contributed by atoms with Crippen LogP contribution in [0.15, 0.2) is 35.7 Å². The summed E-state index contributed by atoms with van der Waals surface area (Å²) in [7, 11) is 0. The quantitative estimate of drug-likeness (QED) is 0.826. The summed E-state index contributed by atoms with van der Waals surface area (Å²) < 4.78 is 5.46. The molecule has 0 unspecified atom stereocenters. The van der Waals surface area contributed by atoms with Crippen LogP contribution in [-0.2, 0) is 0 Å². The molecule has 1 aromatic carbocycles. The van der Waals surface area contributed by atoms with Gasteiger partial charge in [-0.05, 0) is 19.1 Å². The van der Waals surface area contributed by atoms with Gasteiger partial charge in [0.25, 0.3) is 0 Å². The van der Waals surface area contributed by atoms with Crippen molar-refractivity contribution < 1.29 is 9.53 Å². The summed E-state index contributed by atoms with van der Waals surface area (Å²) in [5.74, 6) is 0.792. The molecule has 0 atom stereocenters. The summed E-state index contributed by atoms with van der Waals surface area (Å²) in [6, 6.07) is 9.21. The molecule has 2 amide bonds. The van der Waals surface area contributed by atoms with Crippen LogP contribution in [0.3, 0.4) is 0 Å². The van der Waals surface area contributed by atoms with Crippen LogP contribution < -0.4 is 15.4 Å². The fraction of sp³-hybridized carbons (Fsp3) is 0.231. The number of thiazole rings is 1. The Bertz CT molecular complexity index is 528. The summed E-state index contributed by atoms with van der Waals surface area (Å²) in [5.41, 5.74) is 0.896. The highest BCUT2D eigenvalue weighted by Gasteiger charge is 2.03. The molecule has 0 fully saturated rings. The number of nitrogens with zero attached hydrogens (tertiary/aromatic N) is 1. The zero-order valence-electron chi connectivity index (χ0n) is 10.6. The Morgan fingerprint density at radius 1 is 1.37 bits per heavy atom.